The number of aromatic amines is 1. The molecular formula is C14H21N3S. The van der Waals surface area contributed by atoms with Crippen molar-refractivity contribution < 1.29 is 0 Å². The topological polar surface area (TPSA) is 24.0 Å². The highest BCUT2D eigenvalue weighted by atomic mass is 32.1. The van der Waals surface area contributed by atoms with Gasteiger partial charge < -0.3 is 14.5 Å². The molecule has 0 saturated carbocycles. The maximum Gasteiger partial charge on any atom is 0.178 e. The minimum Gasteiger partial charge on any atom is -0.331 e. The van der Waals surface area contributed by atoms with Crippen LogP contribution in [-0.2, 0) is 6.54 Å². The van der Waals surface area contributed by atoms with Crippen LogP contribution in [0.3, 0.4) is 0 Å². The molecule has 0 unspecified atom stereocenters. The van der Waals surface area contributed by atoms with Gasteiger partial charge in [-0.25, -0.2) is 0 Å². The Bertz CT molecular complexity index is 595. The van der Waals surface area contributed by atoms with Crippen LogP contribution in [0, 0.1) is 11.7 Å². The van der Waals surface area contributed by atoms with Crippen molar-refractivity contribution in [1.82, 2.24) is 14.5 Å². The highest BCUT2D eigenvalue weighted by Crippen LogP contribution is 2.18. The van der Waals surface area contributed by atoms with Crippen molar-refractivity contribution in [3.05, 3.63) is 28.5 Å². The number of nitrogens with zero attached hydrogens (tertiary/aromatic N) is 2. The molecule has 4 heteroatoms. The molecule has 0 saturated heterocycles. The lowest BCUT2D eigenvalue weighted by Crippen LogP contribution is -2.29. The molecule has 0 bridgehead atoms. The second-order valence-corrected chi connectivity index (χ2v) is 5.51. The monoisotopic (exact) mass is 263 g/mol. The third kappa shape index (κ3) is 2.49. The number of para-hydroxylation sites is 1. The number of benzene rings is 1. The number of imidazole rings is 1. The van der Waals surface area contributed by atoms with Crippen molar-refractivity contribution in [2.75, 3.05) is 13.6 Å². The fraction of sp³-hybridized carbons (Fsp3) is 0.500. The third-order valence-corrected chi connectivity index (χ3v) is 3.87. The van der Waals surface area contributed by atoms with E-state index in [1.165, 1.54) is 11.1 Å². The van der Waals surface area contributed by atoms with E-state index in [1.807, 2.05) is 0 Å². The van der Waals surface area contributed by atoms with Gasteiger partial charge in [-0.3, -0.25) is 0 Å². The van der Waals surface area contributed by atoms with Crippen molar-refractivity contribution in [2.24, 2.45) is 0 Å². The molecule has 2 aromatic rings. The minimum atomic E-state index is 0.561. The summed E-state index contributed by atoms with van der Waals surface area (Å²) in [5.41, 5.74) is 3.64. The van der Waals surface area contributed by atoms with Crippen molar-refractivity contribution >= 4 is 23.3 Å². The second kappa shape index (κ2) is 5.24. The standard InChI is InChI=1S/C14H21N3S/c1-10(2)16(4)8-9-17-13-11(3)6-5-7-12(13)15-14(17)18/h5-7,10H,8-9H2,1-4H3,(H,15,18). The Morgan fingerprint density at radius 2 is 2.11 bits per heavy atom. The summed E-state index contributed by atoms with van der Waals surface area (Å²) in [4.78, 5) is 5.61. The molecule has 1 aromatic carbocycles. The van der Waals surface area contributed by atoms with Gasteiger partial charge in [-0.15, -0.1) is 0 Å². The fourth-order valence-electron chi connectivity index (χ4n) is 2.13. The smallest absolute Gasteiger partial charge is 0.178 e. The quantitative estimate of drug-likeness (QED) is 0.855. The number of rotatable bonds is 4. The molecule has 0 amide bonds. The van der Waals surface area contributed by atoms with E-state index in [1.54, 1.807) is 0 Å². The molecular weight excluding hydrogens is 242 g/mol. The van der Waals surface area contributed by atoms with Gasteiger partial charge in [0, 0.05) is 19.1 Å². The summed E-state index contributed by atoms with van der Waals surface area (Å²) in [5.74, 6) is 0. The Morgan fingerprint density at radius 1 is 1.39 bits per heavy atom. The normalized spacial score (nSPS) is 11.9. The summed E-state index contributed by atoms with van der Waals surface area (Å²) in [7, 11) is 2.15. The van der Waals surface area contributed by atoms with Gasteiger partial charge in [0.2, 0.25) is 0 Å². The molecule has 0 fully saturated rings. The van der Waals surface area contributed by atoms with E-state index in [-0.39, 0.29) is 0 Å². The molecule has 0 aliphatic carbocycles. The number of hydrogen-bond acceptors (Lipinski definition) is 2. The maximum absolute atomic E-state index is 5.42. The van der Waals surface area contributed by atoms with Gasteiger partial charge in [-0.05, 0) is 51.7 Å². The minimum absolute atomic E-state index is 0.561. The molecule has 18 heavy (non-hydrogen) atoms. The lowest BCUT2D eigenvalue weighted by Gasteiger charge is -2.21. The number of aryl methyl sites for hydroxylation is 1. The average molecular weight is 263 g/mol. The van der Waals surface area contributed by atoms with Crippen LogP contribution in [0.4, 0.5) is 0 Å². The lowest BCUT2D eigenvalue weighted by atomic mass is 10.2. The predicted octanol–water partition coefficient (Wildman–Crippen LogP) is 3.35. The van der Waals surface area contributed by atoms with E-state index in [4.69, 9.17) is 12.2 Å². The zero-order chi connectivity index (χ0) is 13.3. The van der Waals surface area contributed by atoms with Gasteiger partial charge in [-0.2, -0.15) is 0 Å². The number of aromatic nitrogens is 2. The zero-order valence-electron chi connectivity index (χ0n) is 11.5. The Kier molecular flexibility index (Phi) is 3.88. The van der Waals surface area contributed by atoms with Crippen LogP contribution in [0.1, 0.15) is 19.4 Å². The second-order valence-electron chi connectivity index (χ2n) is 5.13. The first-order chi connectivity index (χ1) is 8.50. The molecule has 98 valence electrons. The van der Waals surface area contributed by atoms with E-state index in [9.17, 15) is 0 Å². The summed E-state index contributed by atoms with van der Waals surface area (Å²) in [6.45, 7) is 8.48. The lowest BCUT2D eigenvalue weighted by molar-refractivity contribution is 0.263. The maximum atomic E-state index is 5.42. The van der Waals surface area contributed by atoms with Crippen molar-refractivity contribution in [3.63, 3.8) is 0 Å². The fourth-order valence-corrected chi connectivity index (χ4v) is 2.42. The summed E-state index contributed by atoms with van der Waals surface area (Å²) >= 11 is 5.42. The number of fused-ring (bicyclic) bond motifs is 1. The molecule has 0 aliphatic rings. The van der Waals surface area contributed by atoms with E-state index < -0.39 is 0 Å². The van der Waals surface area contributed by atoms with Gasteiger partial charge in [0.1, 0.15) is 0 Å². The third-order valence-electron chi connectivity index (χ3n) is 3.55. The first-order valence-corrected chi connectivity index (χ1v) is 6.80. The molecule has 0 radical (unpaired) electrons. The van der Waals surface area contributed by atoms with Crippen LogP contribution < -0.4 is 0 Å². The van der Waals surface area contributed by atoms with Crippen LogP contribution >= 0.6 is 12.2 Å². The first kappa shape index (κ1) is 13.3. The Hall–Kier alpha value is -1.13. The van der Waals surface area contributed by atoms with E-state index in [2.05, 4.69) is 60.5 Å². The molecule has 1 aromatic heterocycles. The Labute approximate surface area is 113 Å². The van der Waals surface area contributed by atoms with Gasteiger partial charge in [0.05, 0.1) is 11.0 Å². The predicted molar refractivity (Wildman–Crippen MR) is 79.6 cm³/mol. The Balaban J connectivity index is 2.33. The van der Waals surface area contributed by atoms with Gasteiger partial charge in [-0.1, -0.05) is 12.1 Å². The van der Waals surface area contributed by atoms with Crippen LogP contribution in [0.25, 0.3) is 11.0 Å². The van der Waals surface area contributed by atoms with Crippen LogP contribution in [0.15, 0.2) is 18.2 Å². The zero-order valence-corrected chi connectivity index (χ0v) is 12.3. The number of nitrogens with one attached hydrogen (secondary N) is 1. The molecule has 0 aliphatic heterocycles. The van der Waals surface area contributed by atoms with Crippen molar-refractivity contribution in [3.8, 4) is 0 Å². The highest BCUT2D eigenvalue weighted by Gasteiger charge is 2.08. The van der Waals surface area contributed by atoms with Crippen molar-refractivity contribution in [1.29, 1.82) is 0 Å². The first-order valence-electron chi connectivity index (χ1n) is 6.39. The number of H-pyrrole nitrogens is 1. The average Bonchev–Trinajstić information content (AvgIpc) is 2.63. The summed E-state index contributed by atoms with van der Waals surface area (Å²) in [6.07, 6.45) is 0. The van der Waals surface area contributed by atoms with Gasteiger partial charge in [0.15, 0.2) is 4.77 Å². The molecule has 1 N–H and O–H groups in total. The molecule has 2 rings (SSSR count). The number of likely N-dealkylation sites (N-methyl/N-ethyl adjacent to an activating group) is 1. The van der Waals surface area contributed by atoms with E-state index in [0.717, 1.165) is 23.4 Å². The summed E-state index contributed by atoms with van der Waals surface area (Å²) in [5, 5.41) is 0. The van der Waals surface area contributed by atoms with Gasteiger partial charge in [0.25, 0.3) is 0 Å². The molecule has 0 atom stereocenters. The van der Waals surface area contributed by atoms with Crippen LogP contribution in [0.5, 0.6) is 0 Å². The SMILES string of the molecule is Cc1cccc2[nH]c(=S)n(CCN(C)C(C)C)c12. The van der Waals surface area contributed by atoms with Crippen LogP contribution in [0.2, 0.25) is 0 Å². The largest absolute Gasteiger partial charge is 0.331 e. The summed E-state index contributed by atoms with van der Waals surface area (Å²) < 4.78 is 3.02. The van der Waals surface area contributed by atoms with E-state index in [0.29, 0.717) is 6.04 Å². The molecule has 0 spiro atoms. The van der Waals surface area contributed by atoms with E-state index >= 15 is 0 Å². The van der Waals surface area contributed by atoms with Crippen molar-refractivity contribution in [2.45, 2.75) is 33.4 Å². The number of hydrogen-bond donors (Lipinski definition) is 1. The van der Waals surface area contributed by atoms with Crippen LogP contribution in [-0.4, -0.2) is 34.1 Å². The molecule has 1 heterocycles. The molecule has 3 nitrogen and oxygen atoms in total. The summed E-state index contributed by atoms with van der Waals surface area (Å²) in [6, 6.07) is 6.84. The van der Waals surface area contributed by atoms with Gasteiger partial charge >= 0.3 is 0 Å². The highest BCUT2D eigenvalue weighted by molar-refractivity contribution is 7.71. The Morgan fingerprint density at radius 3 is 2.78 bits per heavy atom.